The number of rotatable bonds is 2. The molecule has 2 aliphatic rings. The van der Waals surface area contributed by atoms with Crippen molar-refractivity contribution in [3.63, 3.8) is 0 Å². The number of carboxylic acid groups (broad SMARTS) is 1. The standard InChI is InChI=1S/C14H23NO3/c1-10-5-3-2-4-8-15(10)13(16)11-6-7-12(9-11)14(17)18/h10-12H,2-9H2,1H3,(H,17,18). The van der Waals surface area contributed by atoms with Crippen LogP contribution in [-0.2, 0) is 9.59 Å². The monoisotopic (exact) mass is 253 g/mol. The number of carboxylic acids is 1. The van der Waals surface area contributed by atoms with E-state index in [0.29, 0.717) is 18.9 Å². The van der Waals surface area contributed by atoms with Gasteiger partial charge >= 0.3 is 5.97 Å². The second-order valence-electron chi connectivity index (χ2n) is 5.78. The lowest BCUT2D eigenvalue weighted by atomic mass is 10.0. The SMILES string of the molecule is CC1CCCCCN1C(=O)C1CCC(C(=O)O)C1. The zero-order valence-electron chi connectivity index (χ0n) is 11.1. The van der Waals surface area contributed by atoms with Gasteiger partial charge < -0.3 is 10.0 Å². The normalized spacial score (nSPS) is 33.2. The van der Waals surface area contributed by atoms with Crippen LogP contribution in [0.5, 0.6) is 0 Å². The first-order valence-electron chi connectivity index (χ1n) is 7.13. The molecule has 4 heteroatoms. The molecule has 1 saturated carbocycles. The number of likely N-dealkylation sites (tertiary alicyclic amines) is 1. The Bertz CT molecular complexity index is 329. The van der Waals surface area contributed by atoms with Crippen molar-refractivity contribution in [2.75, 3.05) is 6.54 Å². The maximum absolute atomic E-state index is 12.5. The summed E-state index contributed by atoms with van der Waals surface area (Å²) in [6.45, 7) is 2.97. The van der Waals surface area contributed by atoms with Crippen LogP contribution in [0.3, 0.4) is 0 Å². The average Bonchev–Trinajstić information content (AvgIpc) is 2.73. The number of hydrogen-bond acceptors (Lipinski definition) is 2. The summed E-state index contributed by atoms with van der Waals surface area (Å²) in [5.74, 6) is -0.893. The molecule has 1 saturated heterocycles. The van der Waals surface area contributed by atoms with Gasteiger partial charge in [-0.15, -0.1) is 0 Å². The largest absolute Gasteiger partial charge is 0.481 e. The predicted molar refractivity (Wildman–Crippen MR) is 68.1 cm³/mol. The van der Waals surface area contributed by atoms with Gasteiger partial charge in [-0.1, -0.05) is 12.8 Å². The highest BCUT2D eigenvalue weighted by atomic mass is 16.4. The highest BCUT2D eigenvalue weighted by molar-refractivity contribution is 5.81. The Balaban J connectivity index is 1.96. The molecule has 1 amide bonds. The number of amides is 1. The Morgan fingerprint density at radius 1 is 1.06 bits per heavy atom. The van der Waals surface area contributed by atoms with Crippen molar-refractivity contribution in [2.45, 2.75) is 57.9 Å². The number of carbonyl (C=O) groups excluding carboxylic acids is 1. The van der Waals surface area contributed by atoms with Gasteiger partial charge in [0.25, 0.3) is 0 Å². The van der Waals surface area contributed by atoms with E-state index in [0.717, 1.165) is 25.8 Å². The highest BCUT2D eigenvalue weighted by Gasteiger charge is 2.37. The molecular weight excluding hydrogens is 230 g/mol. The summed E-state index contributed by atoms with van der Waals surface area (Å²) >= 11 is 0. The van der Waals surface area contributed by atoms with Crippen LogP contribution in [0.4, 0.5) is 0 Å². The van der Waals surface area contributed by atoms with Gasteiger partial charge in [0.1, 0.15) is 0 Å². The molecule has 1 heterocycles. The molecule has 18 heavy (non-hydrogen) atoms. The van der Waals surface area contributed by atoms with Crippen molar-refractivity contribution in [2.24, 2.45) is 11.8 Å². The summed E-state index contributed by atoms with van der Waals surface area (Å²) in [6.07, 6.45) is 6.53. The summed E-state index contributed by atoms with van der Waals surface area (Å²) in [5.41, 5.74) is 0. The summed E-state index contributed by atoms with van der Waals surface area (Å²) < 4.78 is 0. The van der Waals surface area contributed by atoms with Gasteiger partial charge in [-0.2, -0.15) is 0 Å². The zero-order valence-corrected chi connectivity index (χ0v) is 11.1. The van der Waals surface area contributed by atoms with Crippen LogP contribution in [0.1, 0.15) is 51.9 Å². The summed E-state index contributed by atoms with van der Waals surface area (Å²) in [4.78, 5) is 25.4. The van der Waals surface area contributed by atoms with E-state index in [1.807, 2.05) is 4.90 Å². The number of aliphatic carboxylic acids is 1. The van der Waals surface area contributed by atoms with E-state index in [1.54, 1.807) is 0 Å². The third-order valence-electron chi connectivity index (χ3n) is 4.47. The summed E-state index contributed by atoms with van der Waals surface area (Å²) in [7, 11) is 0. The van der Waals surface area contributed by atoms with Gasteiger partial charge in [-0.25, -0.2) is 0 Å². The van der Waals surface area contributed by atoms with E-state index in [1.165, 1.54) is 12.8 Å². The molecule has 2 rings (SSSR count). The van der Waals surface area contributed by atoms with Crippen LogP contribution in [0.2, 0.25) is 0 Å². The molecule has 1 aliphatic carbocycles. The molecule has 0 aromatic rings. The molecule has 0 aromatic heterocycles. The number of carbonyl (C=O) groups is 2. The molecular formula is C14H23NO3. The van der Waals surface area contributed by atoms with Crippen molar-refractivity contribution in [1.29, 1.82) is 0 Å². The van der Waals surface area contributed by atoms with Crippen LogP contribution in [-0.4, -0.2) is 34.5 Å². The van der Waals surface area contributed by atoms with Gasteiger partial charge in [-0.3, -0.25) is 9.59 Å². The summed E-state index contributed by atoms with van der Waals surface area (Å²) in [6, 6.07) is 0.323. The van der Waals surface area contributed by atoms with E-state index in [-0.39, 0.29) is 17.7 Å². The highest BCUT2D eigenvalue weighted by Crippen LogP contribution is 2.33. The van der Waals surface area contributed by atoms with E-state index >= 15 is 0 Å². The molecule has 4 nitrogen and oxygen atoms in total. The minimum absolute atomic E-state index is 0.0494. The van der Waals surface area contributed by atoms with Crippen molar-refractivity contribution < 1.29 is 14.7 Å². The quantitative estimate of drug-likeness (QED) is 0.821. The van der Waals surface area contributed by atoms with Gasteiger partial charge in [0.2, 0.25) is 5.91 Å². The lowest BCUT2D eigenvalue weighted by Crippen LogP contribution is -2.41. The van der Waals surface area contributed by atoms with Crippen molar-refractivity contribution in [3.05, 3.63) is 0 Å². The Kier molecular flexibility index (Phi) is 4.25. The van der Waals surface area contributed by atoms with Crippen molar-refractivity contribution in [3.8, 4) is 0 Å². The van der Waals surface area contributed by atoms with Crippen LogP contribution >= 0.6 is 0 Å². The molecule has 102 valence electrons. The van der Waals surface area contributed by atoms with Gasteiger partial charge in [-0.05, 0) is 39.0 Å². The molecule has 0 bridgehead atoms. The zero-order chi connectivity index (χ0) is 13.1. The topological polar surface area (TPSA) is 57.6 Å². The fourth-order valence-electron chi connectivity index (χ4n) is 3.27. The van der Waals surface area contributed by atoms with Crippen molar-refractivity contribution >= 4 is 11.9 Å². The van der Waals surface area contributed by atoms with Crippen LogP contribution in [0.15, 0.2) is 0 Å². The first-order chi connectivity index (χ1) is 8.59. The molecule has 2 fully saturated rings. The molecule has 0 spiro atoms. The maximum Gasteiger partial charge on any atom is 0.306 e. The average molecular weight is 253 g/mol. The Morgan fingerprint density at radius 2 is 1.78 bits per heavy atom. The third-order valence-corrected chi connectivity index (χ3v) is 4.47. The van der Waals surface area contributed by atoms with Gasteiger partial charge in [0.05, 0.1) is 5.92 Å². The van der Waals surface area contributed by atoms with Crippen LogP contribution < -0.4 is 0 Å². The number of nitrogens with zero attached hydrogens (tertiary/aromatic N) is 1. The first-order valence-corrected chi connectivity index (χ1v) is 7.13. The Labute approximate surface area is 108 Å². The predicted octanol–water partition coefficient (Wildman–Crippen LogP) is 2.28. The maximum atomic E-state index is 12.5. The minimum Gasteiger partial charge on any atom is -0.481 e. The fraction of sp³-hybridized carbons (Fsp3) is 0.857. The van der Waals surface area contributed by atoms with Gasteiger partial charge in [0.15, 0.2) is 0 Å². The second kappa shape index (κ2) is 5.72. The second-order valence-corrected chi connectivity index (χ2v) is 5.78. The Morgan fingerprint density at radius 3 is 2.44 bits per heavy atom. The molecule has 0 radical (unpaired) electrons. The van der Waals surface area contributed by atoms with Crippen LogP contribution in [0.25, 0.3) is 0 Å². The lowest BCUT2D eigenvalue weighted by molar-refractivity contribution is -0.142. The number of hydrogen-bond donors (Lipinski definition) is 1. The molecule has 3 atom stereocenters. The van der Waals surface area contributed by atoms with E-state index in [4.69, 9.17) is 5.11 Å². The van der Waals surface area contributed by atoms with E-state index < -0.39 is 5.97 Å². The van der Waals surface area contributed by atoms with Gasteiger partial charge in [0, 0.05) is 18.5 Å². The molecule has 1 aliphatic heterocycles. The lowest BCUT2D eigenvalue weighted by Gasteiger charge is -2.29. The molecule has 1 N–H and O–H groups in total. The summed E-state index contributed by atoms with van der Waals surface area (Å²) in [5, 5.41) is 9.00. The first kappa shape index (κ1) is 13.4. The van der Waals surface area contributed by atoms with Crippen LogP contribution in [0, 0.1) is 11.8 Å². The van der Waals surface area contributed by atoms with E-state index in [9.17, 15) is 9.59 Å². The third kappa shape index (κ3) is 2.85. The minimum atomic E-state index is -0.741. The Hall–Kier alpha value is -1.06. The smallest absolute Gasteiger partial charge is 0.306 e. The molecule has 3 unspecified atom stereocenters. The molecule has 0 aromatic carbocycles. The van der Waals surface area contributed by atoms with E-state index in [2.05, 4.69) is 6.92 Å². The fourth-order valence-corrected chi connectivity index (χ4v) is 3.27. The van der Waals surface area contributed by atoms with Crippen molar-refractivity contribution in [1.82, 2.24) is 4.90 Å².